The van der Waals surface area contributed by atoms with E-state index in [-0.39, 0.29) is 12.1 Å². The maximum atomic E-state index is 12.0. The zero-order chi connectivity index (χ0) is 14.8. The van der Waals surface area contributed by atoms with Gasteiger partial charge in [0, 0.05) is 5.56 Å². The summed E-state index contributed by atoms with van der Waals surface area (Å²) in [6.07, 6.45) is 3.11. The highest BCUT2D eigenvalue weighted by molar-refractivity contribution is 5.74. The van der Waals surface area contributed by atoms with E-state index in [0.717, 1.165) is 35.2 Å². The predicted molar refractivity (Wildman–Crippen MR) is 75.8 cm³/mol. The van der Waals surface area contributed by atoms with Crippen LogP contribution in [0, 0.1) is 6.92 Å². The molecule has 1 atom stereocenters. The molecule has 110 valence electrons. The first-order chi connectivity index (χ1) is 10.1. The number of amides is 2. The van der Waals surface area contributed by atoms with Crippen LogP contribution in [0.15, 0.2) is 29.0 Å². The van der Waals surface area contributed by atoms with Crippen LogP contribution >= 0.6 is 0 Å². The van der Waals surface area contributed by atoms with E-state index in [2.05, 4.69) is 15.8 Å². The lowest BCUT2D eigenvalue weighted by atomic mass is 10.1. The van der Waals surface area contributed by atoms with Crippen LogP contribution in [0.5, 0.6) is 5.75 Å². The molecule has 1 aromatic heterocycles. The van der Waals surface area contributed by atoms with E-state index in [9.17, 15) is 9.90 Å². The van der Waals surface area contributed by atoms with Gasteiger partial charge < -0.3 is 20.3 Å². The van der Waals surface area contributed by atoms with Crippen LogP contribution in [-0.2, 0) is 13.0 Å². The monoisotopic (exact) mass is 287 g/mol. The number of rotatable bonds is 3. The second-order valence-electron chi connectivity index (χ2n) is 5.21. The number of phenolic OH excluding ortho intramolecular Hbond substituents is 1. The Labute approximate surface area is 122 Å². The van der Waals surface area contributed by atoms with E-state index in [4.69, 9.17) is 4.52 Å². The van der Waals surface area contributed by atoms with Crippen LogP contribution in [-0.4, -0.2) is 16.3 Å². The number of urea groups is 1. The van der Waals surface area contributed by atoms with Gasteiger partial charge in [-0.15, -0.1) is 0 Å². The van der Waals surface area contributed by atoms with Crippen molar-refractivity contribution in [1.29, 1.82) is 0 Å². The number of benzene rings is 1. The van der Waals surface area contributed by atoms with E-state index in [1.165, 1.54) is 0 Å². The Morgan fingerprint density at radius 1 is 1.52 bits per heavy atom. The minimum atomic E-state index is -0.251. The molecule has 0 aliphatic heterocycles. The number of hydrogen-bond donors (Lipinski definition) is 3. The fraction of sp³-hybridized carbons (Fsp3) is 0.333. The van der Waals surface area contributed by atoms with Crippen LogP contribution in [0.2, 0.25) is 0 Å². The Hall–Kier alpha value is -2.50. The lowest BCUT2D eigenvalue weighted by molar-refractivity contribution is 0.236. The average Bonchev–Trinajstić information content (AvgIpc) is 3.05. The van der Waals surface area contributed by atoms with Crippen molar-refractivity contribution in [2.24, 2.45) is 0 Å². The molecular weight excluding hydrogens is 270 g/mol. The van der Waals surface area contributed by atoms with Gasteiger partial charge >= 0.3 is 6.03 Å². The van der Waals surface area contributed by atoms with Gasteiger partial charge in [0.15, 0.2) is 0 Å². The SMILES string of the molecule is Cc1conc1CNC(=O)NC1CCc2c(O)cccc21. The first-order valence-corrected chi connectivity index (χ1v) is 6.90. The summed E-state index contributed by atoms with van der Waals surface area (Å²) in [6, 6.07) is 5.10. The molecule has 0 saturated heterocycles. The minimum Gasteiger partial charge on any atom is -0.508 e. The summed E-state index contributed by atoms with van der Waals surface area (Å²) in [5.74, 6) is 0.301. The summed E-state index contributed by atoms with van der Waals surface area (Å²) in [7, 11) is 0. The zero-order valence-electron chi connectivity index (χ0n) is 11.7. The van der Waals surface area contributed by atoms with E-state index in [1.54, 1.807) is 18.4 Å². The number of fused-ring (bicyclic) bond motifs is 1. The number of nitrogens with zero attached hydrogens (tertiary/aromatic N) is 1. The standard InChI is InChI=1S/C15H17N3O3/c1-9-8-21-18-13(9)7-16-15(20)17-12-6-5-11-10(12)3-2-4-14(11)19/h2-4,8,12,19H,5-7H2,1H3,(H2,16,17,20). The second kappa shape index (κ2) is 5.47. The molecule has 6 nitrogen and oxygen atoms in total. The molecule has 1 aliphatic rings. The number of aromatic hydroxyl groups is 1. The largest absolute Gasteiger partial charge is 0.508 e. The van der Waals surface area contributed by atoms with E-state index in [1.807, 2.05) is 13.0 Å². The van der Waals surface area contributed by atoms with Gasteiger partial charge in [0.25, 0.3) is 0 Å². The molecule has 3 N–H and O–H groups in total. The molecule has 2 aromatic rings. The van der Waals surface area contributed by atoms with Gasteiger partial charge in [0.05, 0.1) is 12.6 Å². The van der Waals surface area contributed by atoms with E-state index >= 15 is 0 Å². The summed E-state index contributed by atoms with van der Waals surface area (Å²) >= 11 is 0. The average molecular weight is 287 g/mol. The Kier molecular flexibility index (Phi) is 3.51. The first kappa shape index (κ1) is 13.5. The maximum absolute atomic E-state index is 12.0. The van der Waals surface area contributed by atoms with Crippen LogP contribution < -0.4 is 10.6 Å². The van der Waals surface area contributed by atoms with Crippen molar-refractivity contribution in [2.45, 2.75) is 32.4 Å². The number of nitrogens with one attached hydrogen (secondary N) is 2. The number of aryl methyl sites for hydroxylation is 1. The fourth-order valence-corrected chi connectivity index (χ4v) is 2.64. The van der Waals surface area contributed by atoms with Gasteiger partial charge in [-0.3, -0.25) is 0 Å². The Bertz CT molecular complexity index is 666. The van der Waals surface area contributed by atoms with Gasteiger partial charge in [-0.25, -0.2) is 4.79 Å². The quantitative estimate of drug-likeness (QED) is 0.807. The van der Waals surface area contributed by atoms with Crippen LogP contribution in [0.1, 0.15) is 34.8 Å². The predicted octanol–water partition coefficient (Wildman–Crippen LogP) is 2.18. The van der Waals surface area contributed by atoms with Gasteiger partial charge in [-0.1, -0.05) is 17.3 Å². The van der Waals surface area contributed by atoms with Crippen LogP contribution in [0.3, 0.4) is 0 Å². The molecule has 0 bridgehead atoms. The van der Waals surface area contributed by atoms with Crippen molar-refractivity contribution in [3.63, 3.8) is 0 Å². The second-order valence-corrected chi connectivity index (χ2v) is 5.21. The molecule has 1 aromatic carbocycles. The molecule has 21 heavy (non-hydrogen) atoms. The number of carbonyl (C=O) groups excluding carboxylic acids is 1. The molecule has 0 spiro atoms. The van der Waals surface area contributed by atoms with Crippen molar-refractivity contribution in [3.8, 4) is 5.75 Å². The highest BCUT2D eigenvalue weighted by Crippen LogP contribution is 2.36. The van der Waals surface area contributed by atoms with E-state index in [0.29, 0.717) is 12.3 Å². The molecule has 6 heteroatoms. The summed E-state index contributed by atoms with van der Waals surface area (Å²) in [5.41, 5.74) is 3.54. The minimum absolute atomic E-state index is 0.0643. The van der Waals surface area contributed by atoms with Crippen molar-refractivity contribution in [3.05, 3.63) is 46.8 Å². The Morgan fingerprint density at radius 2 is 2.38 bits per heavy atom. The van der Waals surface area contributed by atoms with Gasteiger partial charge in [-0.2, -0.15) is 0 Å². The highest BCUT2D eigenvalue weighted by atomic mass is 16.5. The highest BCUT2D eigenvalue weighted by Gasteiger charge is 2.25. The summed E-state index contributed by atoms with van der Waals surface area (Å²) in [5, 5.41) is 19.3. The first-order valence-electron chi connectivity index (χ1n) is 6.90. The lowest BCUT2D eigenvalue weighted by Crippen LogP contribution is -2.37. The van der Waals surface area contributed by atoms with Crippen molar-refractivity contribution in [2.75, 3.05) is 0 Å². The third kappa shape index (κ3) is 2.69. The third-order valence-corrected chi connectivity index (χ3v) is 3.82. The van der Waals surface area contributed by atoms with E-state index < -0.39 is 0 Å². The maximum Gasteiger partial charge on any atom is 0.315 e. The number of phenols is 1. The Morgan fingerprint density at radius 3 is 3.14 bits per heavy atom. The zero-order valence-corrected chi connectivity index (χ0v) is 11.7. The molecule has 0 radical (unpaired) electrons. The summed E-state index contributed by atoms with van der Waals surface area (Å²) in [4.78, 5) is 12.0. The third-order valence-electron chi connectivity index (χ3n) is 3.82. The van der Waals surface area contributed by atoms with Crippen LogP contribution in [0.25, 0.3) is 0 Å². The van der Waals surface area contributed by atoms with Crippen molar-refractivity contribution < 1.29 is 14.4 Å². The van der Waals surface area contributed by atoms with Gasteiger partial charge in [0.1, 0.15) is 17.7 Å². The number of aromatic nitrogens is 1. The summed E-state index contributed by atoms with van der Waals surface area (Å²) < 4.78 is 4.82. The molecular formula is C15H17N3O3. The summed E-state index contributed by atoms with van der Waals surface area (Å²) in [6.45, 7) is 2.20. The molecule has 1 heterocycles. The normalized spacial score (nSPS) is 16.5. The molecule has 1 aliphatic carbocycles. The number of hydrogen-bond acceptors (Lipinski definition) is 4. The Balaban J connectivity index is 1.60. The molecule has 0 fully saturated rings. The molecule has 3 rings (SSSR count). The molecule has 2 amide bonds. The van der Waals surface area contributed by atoms with Gasteiger partial charge in [0.2, 0.25) is 0 Å². The van der Waals surface area contributed by atoms with Gasteiger partial charge in [-0.05, 0) is 37.0 Å². The molecule has 0 saturated carbocycles. The van der Waals surface area contributed by atoms with Crippen molar-refractivity contribution >= 4 is 6.03 Å². The smallest absolute Gasteiger partial charge is 0.315 e. The lowest BCUT2D eigenvalue weighted by Gasteiger charge is -2.14. The van der Waals surface area contributed by atoms with Crippen LogP contribution in [0.4, 0.5) is 4.79 Å². The van der Waals surface area contributed by atoms with Crippen molar-refractivity contribution in [1.82, 2.24) is 15.8 Å². The fourth-order valence-electron chi connectivity index (χ4n) is 2.64. The topological polar surface area (TPSA) is 87.4 Å². The molecule has 1 unspecified atom stereocenters. The number of carbonyl (C=O) groups is 1.